The highest BCUT2D eigenvalue weighted by atomic mass is 16.5. The average Bonchev–Trinajstić information content (AvgIpc) is 3.31. The van der Waals surface area contributed by atoms with Crippen LogP contribution in [0.5, 0.6) is 0 Å². The number of allylic oxidation sites excluding steroid dienone is 4. The average molecular weight is 917 g/mol. The van der Waals surface area contributed by atoms with Crippen molar-refractivity contribution in [1.82, 2.24) is 5.32 Å². The molecule has 0 spiro atoms. The molecule has 0 saturated carbocycles. The molecule has 0 bridgehead atoms. The molecular formula is C59H113NO5. The molecule has 0 aliphatic carbocycles. The molecule has 6 heteroatoms. The molecule has 2 atom stereocenters. The second-order valence-electron chi connectivity index (χ2n) is 20.0. The van der Waals surface area contributed by atoms with Crippen molar-refractivity contribution in [2.24, 2.45) is 0 Å². The van der Waals surface area contributed by atoms with Crippen LogP contribution in [0.3, 0.4) is 0 Å². The summed E-state index contributed by atoms with van der Waals surface area (Å²) in [5, 5.41) is 23.3. The lowest BCUT2D eigenvalue weighted by Crippen LogP contribution is -2.45. The van der Waals surface area contributed by atoms with Crippen molar-refractivity contribution < 1.29 is 24.5 Å². The molecule has 2 unspecified atom stereocenters. The van der Waals surface area contributed by atoms with Gasteiger partial charge in [0.15, 0.2) is 0 Å². The fourth-order valence-corrected chi connectivity index (χ4v) is 9.02. The van der Waals surface area contributed by atoms with Crippen molar-refractivity contribution in [1.29, 1.82) is 0 Å². The first kappa shape index (κ1) is 63.3. The van der Waals surface area contributed by atoms with Gasteiger partial charge in [0.1, 0.15) is 0 Å². The molecule has 0 aliphatic rings. The zero-order valence-electron chi connectivity index (χ0n) is 43.7. The molecule has 384 valence electrons. The fraction of sp³-hybridized carbons (Fsp3) is 0.898. The van der Waals surface area contributed by atoms with Crippen molar-refractivity contribution >= 4 is 11.9 Å². The number of hydrogen-bond donors (Lipinski definition) is 3. The smallest absolute Gasteiger partial charge is 0.305 e. The van der Waals surface area contributed by atoms with Crippen LogP contribution in [-0.4, -0.2) is 47.4 Å². The number of rotatable bonds is 54. The second-order valence-corrected chi connectivity index (χ2v) is 20.0. The number of aliphatic hydroxyl groups is 2. The summed E-state index contributed by atoms with van der Waals surface area (Å²) in [6.07, 6.45) is 65.9. The summed E-state index contributed by atoms with van der Waals surface area (Å²) >= 11 is 0. The predicted molar refractivity (Wildman–Crippen MR) is 283 cm³/mol. The maximum Gasteiger partial charge on any atom is 0.305 e. The highest BCUT2D eigenvalue weighted by Gasteiger charge is 2.20. The Morgan fingerprint density at radius 2 is 0.769 bits per heavy atom. The third kappa shape index (κ3) is 51.6. The Balaban J connectivity index is 3.41. The van der Waals surface area contributed by atoms with Gasteiger partial charge in [-0.2, -0.15) is 0 Å². The first-order valence-corrected chi connectivity index (χ1v) is 29.1. The normalized spacial score (nSPS) is 12.7. The van der Waals surface area contributed by atoms with E-state index in [1.807, 2.05) is 0 Å². The first-order chi connectivity index (χ1) is 32.0. The topological polar surface area (TPSA) is 95.9 Å². The van der Waals surface area contributed by atoms with Crippen LogP contribution in [0.15, 0.2) is 24.3 Å². The number of nitrogens with one attached hydrogen (secondary N) is 1. The van der Waals surface area contributed by atoms with Crippen LogP contribution in [0.4, 0.5) is 0 Å². The minimum atomic E-state index is -0.667. The number of amides is 1. The van der Waals surface area contributed by atoms with Crippen LogP contribution in [0.25, 0.3) is 0 Å². The van der Waals surface area contributed by atoms with Gasteiger partial charge in [0.05, 0.1) is 25.4 Å². The van der Waals surface area contributed by atoms with Crippen LogP contribution in [-0.2, 0) is 14.3 Å². The zero-order valence-corrected chi connectivity index (χ0v) is 43.7. The summed E-state index contributed by atoms with van der Waals surface area (Å²) in [4.78, 5) is 24.5. The van der Waals surface area contributed by atoms with E-state index in [9.17, 15) is 19.8 Å². The number of carbonyl (C=O) groups is 2. The molecule has 0 fully saturated rings. The van der Waals surface area contributed by atoms with E-state index in [4.69, 9.17) is 4.74 Å². The van der Waals surface area contributed by atoms with E-state index in [-0.39, 0.29) is 18.5 Å². The number of aliphatic hydroxyl groups excluding tert-OH is 2. The van der Waals surface area contributed by atoms with E-state index >= 15 is 0 Å². The molecule has 0 saturated heterocycles. The standard InChI is InChI=1S/C59H113NO5/c1-3-5-7-9-11-13-15-17-19-25-29-33-37-41-45-49-53-59(64)65-54-50-46-42-38-34-30-26-23-21-20-22-24-28-32-36-40-44-48-52-58(63)60-56(55-61)57(62)51-47-43-39-35-31-27-18-16-14-12-10-8-6-4-2/h13,15,19,25,56-57,61-62H,3-12,14,16-18,20-24,26-55H2,1-2H3,(H,60,63)/b15-13-,25-19-. The van der Waals surface area contributed by atoms with Gasteiger partial charge in [0.25, 0.3) is 0 Å². The maximum atomic E-state index is 12.5. The summed E-state index contributed by atoms with van der Waals surface area (Å²) in [7, 11) is 0. The van der Waals surface area contributed by atoms with Crippen LogP contribution >= 0.6 is 0 Å². The quantitative estimate of drug-likeness (QED) is 0.0321. The predicted octanol–water partition coefficient (Wildman–Crippen LogP) is 17.9. The monoisotopic (exact) mass is 916 g/mol. The Hall–Kier alpha value is -1.66. The number of unbranched alkanes of at least 4 members (excludes halogenated alkanes) is 39. The summed E-state index contributed by atoms with van der Waals surface area (Å²) in [6, 6.07) is -0.544. The maximum absolute atomic E-state index is 12.5. The van der Waals surface area contributed by atoms with Gasteiger partial charge in [-0.15, -0.1) is 0 Å². The van der Waals surface area contributed by atoms with E-state index < -0.39 is 12.1 Å². The summed E-state index contributed by atoms with van der Waals surface area (Å²) in [5.41, 5.74) is 0. The van der Waals surface area contributed by atoms with Crippen molar-refractivity contribution in [3.63, 3.8) is 0 Å². The molecule has 3 N–H and O–H groups in total. The molecule has 65 heavy (non-hydrogen) atoms. The molecular weight excluding hydrogens is 803 g/mol. The van der Waals surface area contributed by atoms with Gasteiger partial charge in [0, 0.05) is 12.8 Å². The summed E-state index contributed by atoms with van der Waals surface area (Å²) < 4.78 is 5.47. The van der Waals surface area contributed by atoms with E-state index in [0.29, 0.717) is 25.9 Å². The fourth-order valence-electron chi connectivity index (χ4n) is 9.02. The molecule has 0 aromatic heterocycles. The van der Waals surface area contributed by atoms with Gasteiger partial charge >= 0.3 is 5.97 Å². The summed E-state index contributed by atoms with van der Waals surface area (Å²) in [6.45, 7) is 4.93. The van der Waals surface area contributed by atoms with Gasteiger partial charge in [-0.1, -0.05) is 269 Å². The first-order valence-electron chi connectivity index (χ1n) is 29.1. The minimum Gasteiger partial charge on any atom is -0.466 e. The minimum absolute atomic E-state index is 0.00587. The number of ether oxygens (including phenoxy) is 1. The second kappa shape index (κ2) is 54.9. The number of carbonyl (C=O) groups excluding carboxylic acids is 2. The van der Waals surface area contributed by atoms with Crippen molar-refractivity contribution in [2.45, 2.75) is 328 Å². The number of hydrogen-bond acceptors (Lipinski definition) is 5. The Labute approximate surface area is 405 Å². The van der Waals surface area contributed by atoms with Gasteiger partial charge < -0.3 is 20.3 Å². The largest absolute Gasteiger partial charge is 0.466 e. The van der Waals surface area contributed by atoms with Crippen molar-refractivity contribution in [3.05, 3.63) is 24.3 Å². The molecule has 0 heterocycles. The molecule has 0 aromatic carbocycles. The Bertz CT molecular complexity index is 1010. The Morgan fingerprint density at radius 1 is 0.431 bits per heavy atom. The molecule has 0 aliphatic heterocycles. The van der Waals surface area contributed by atoms with E-state index in [0.717, 1.165) is 51.4 Å². The van der Waals surface area contributed by atoms with Gasteiger partial charge in [0.2, 0.25) is 5.91 Å². The highest BCUT2D eigenvalue weighted by Crippen LogP contribution is 2.17. The van der Waals surface area contributed by atoms with Crippen molar-refractivity contribution in [3.8, 4) is 0 Å². The molecule has 1 amide bonds. The van der Waals surface area contributed by atoms with Crippen molar-refractivity contribution in [2.75, 3.05) is 13.2 Å². The molecule has 0 radical (unpaired) electrons. The van der Waals surface area contributed by atoms with Crippen LogP contribution < -0.4 is 5.32 Å². The number of esters is 1. The van der Waals surface area contributed by atoms with E-state index in [1.165, 1.54) is 231 Å². The lowest BCUT2D eigenvalue weighted by atomic mass is 10.0. The Kier molecular flexibility index (Phi) is 53.5. The van der Waals surface area contributed by atoms with Crippen LogP contribution in [0.1, 0.15) is 316 Å². The molecule has 6 nitrogen and oxygen atoms in total. The molecule has 0 aromatic rings. The third-order valence-corrected chi connectivity index (χ3v) is 13.5. The van der Waals surface area contributed by atoms with Gasteiger partial charge in [-0.25, -0.2) is 0 Å². The van der Waals surface area contributed by atoms with Gasteiger partial charge in [-0.05, 0) is 57.8 Å². The van der Waals surface area contributed by atoms with Gasteiger partial charge in [-0.3, -0.25) is 9.59 Å². The SMILES string of the molecule is CCCCCC/C=C\C/C=C\CCCCCCCC(=O)OCCCCCCCCCCCCCCCCCCCCC(=O)NC(CO)C(O)CCCCCCCCCCCCCCCC. The third-order valence-electron chi connectivity index (χ3n) is 13.5. The highest BCUT2D eigenvalue weighted by molar-refractivity contribution is 5.76. The van der Waals surface area contributed by atoms with E-state index in [1.54, 1.807) is 0 Å². The lowest BCUT2D eigenvalue weighted by molar-refractivity contribution is -0.143. The van der Waals surface area contributed by atoms with Crippen LogP contribution in [0, 0.1) is 0 Å². The van der Waals surface area contributed by atoms with E-state index in [2.05, 4.69) is 43.5 Å². The summed E-state index contributed by atoms with van der Waals surface area (Å²) in [5.74, 6) is -0.0441. The van der Waals surface area contributed by atoms with Crippen LogP contribution in [0.2, 0.25) is 0 Å². The zero-order chi connectivity index (χ0) is 47.2. The lowest BCUT2D eigenvalue weighted by Gasteiger charge is -2.22. The Morgan fingerprint density at radius 3 is 1.18 bits per heavy atom. The molecule has 0 rings (SSSR count).